The van der Waals surface area contributed by atoms with Crippen LogP contribution in [-0.2, 0) is 10.2 Å². The highest BCUT2D eigenvalue weighted by atomic mass is 32.2. The average Bonchev–Trinajstić information content (AvgIpc) is 3.07. The third-order valence-electron chi connectivity index (χ3n) is 3.78. The second-order valence-corrected chi connectivity index (χ2v) is 8.29. The summed E-state index contributed by atoms with van der Waals surface area (Å²) in [6, 6.07) is 0. The normalized spacial score (nSPS) is 21.3. The molecular weight excluding hydrogens is 296 g/mol. The van der Waals surface area contributed by atoms with Crippen molar-refractivity contribution in [3.8, 4) is 0 Å². The Labute approximate surface area is 122 Å². The van der Waals surface area contributed by atoms with Gasteiger partial charge >= 0.3 is 0 Å². The van der Waals surface area contributed by atoms with E-state index in [0.29, 0.717) is 13.1 Å². The molecule has 3 heterocycles. The first kappa shape index (κ1) is 14.0. The van der Waals surface area contributed by atoms with Crippen LogP contribution in [0.4, 0.5) is 0 Å². The summed E-state index contributed by atoms with van der Waals surface area (Å²) in [5, 5.41) is 2.04. The number of thiazole rings is 1. The number of hydrogen-bond donors (Lipinski definition) is 0. The van der Waals surface area contributed by atoms with E-state index in [1.165, 1.54) is 4.31 Å². The van der Waals surface area contributed by atoms with E-state index in [1.54, 1.807) is 29.7 Å². The maximum atomic E-state index is 12.2. The second-order valence-electron chi connectivity index (χ2n) is 5.26. The molecule has 6 nitrogen and oxygen atoms in total. The Morgan fingerprint density at radius 2 is 2.20 bits per heavy atom. The number of nitrogens with zero attached hydrogens (tertiary/aromatic N) is 4. The lowest BCUT2D eigenvalue weighted by molar-refractivity contribution is 0.418. The molecule has 1 aliphatic heterocycles. The number of hydrogen-bond acceptors (Lipinski definition) is 4. The molecule has 3 rings (SSSR count). The quantitative estimate of drug-likeness (QED) is 0.858. The van der Waals surface area contributed by atoms with Crippen molar-refractivity contribution >= 4 is 26.4 Å². The molecule has 2 aromatic rings. The first-order valence-electron chi connectivity index (χ1n) is 6.51. The molecule has 0 aliphatic carbocycles. The summed E-state index contributed by atoms with van der Waals surface area (Å²) in [7, 11) is -0.174. The molecule has 0 bridgehead atoms. The summed E-state index contributed by atoms with van der Waals surface area (Å²) in [4.78, 5) is 5.77. The largest absolute Gasteiger partial charge is 0.294 e. The highest BCUT2D eigenvalue weighted by molar-refractivity contribution is 7.86. The predicted octanol–water partition coefficient (Wildman–Crippen LogP) is 1.30. The van der Waals surface area contributed by atoms with Gasteiger partial charge in [0, 0.05) is 44.7 Å². The van der Waals surface area contributed by atoms with E-state index in [2.05, 4.69) is 9.38 Å². The summed E-state index contributed by atoms with van der Waals surface area (Å²) < 4.78 is 29.2. The zero-order chi connectivity index (χ0) is 14.5. The lowest BCUT2D eigenvalue weighted by Gasteiger charge is -2.20. The van der Waals surface area contributed by atoms with Gasteiger partial charge in [-0.3, -0.25) is 4.40 Å². The van der Waals surface area contributed by atoms with E-state index in [-0.39, 0.29) is 5.92 Å². The fraction of sp³-hybridized carbons (Fsp3) is 0.583. The zero-order valence-electron chi connectivity index (χ0n) is 11.8. The van der Waals surface area contributed by atoms with Gasteiger partial charge in [0.05, 0.1) is 5.69 Å². The van der Waals surface area contributed by atoms with Crippen molar-refractivity contribution in [2.45, 2.75) is 19.3 Å². The van der Waals surface area contributed by atoms with Crippen molar-refractivity contribution in [3.63, 3.8) is 0 Å². The van der Waals surface area contributed by atoms with Crippen molar-refractivity contribution in [3.05, 3.63) is 23.1 Å². The molecule has 0 N–H and O–H groups in total. The van der Waals surface area contributed by atoms with Gasteiger partial charge in [0.2, 0.25) is 0 Å². The summed E-state index contributed by atoms with van der Waals surface area (Å²) >= 11 is 1.66. The Balaban J connectivity index is 1.89. The Morgan fingerprint density at radius 1 is 1.45 bits per heavy atom. The molecule has 0 spiro atoms. The first-order valence-corrected chi connectivity index (χ1v) is 8.78. The fourth-order valence-corrected chi connectivity index (χ4v) is 4.77. The van der Waals surface area contributed by atoms with E-state index in [0.717, 1.165) is 22.8 Å². The molecule has 1 atom stereocenters. The molecule has 0 aromatic carbocycles. The van der Waals surface area contributed by atoms with Crippen LogP contribution in [0.25, 0.3) is 4.83 Å². The number of fused-ring (bicyclic) bond motifs is 1. The van der Waals surface area contributed by atoms with Gasteiger partial charge < -0.3 is 0 Å². The van der Waals surface area contributed by atoms with Gasteiger partial charge in [-0.25, -0.2) is 4.98 Å². The lowest BCUT2D eigenvalue weighted by atomic mass is 10.1. The molecule has 0 amide bonds. The predicted molar refractivity (Wildman–Crippen MR) is 79.3 cm³/mol. The molecule has 0 saturated carbocycles. The van der Waals surface area contributed by atoms with Crippen LogP contribution < -0.4 is 0 Å². The van der Waals surface area contributed by atoms with Gasteiger partial charge in [0.15, 0.2) is 0 Å². The number of rotatable bonds is 3. The third kappa shape index (κ3) is 2.07. The monoisotopic (exact) mass is 314 g/mol. The molecule has 1 fully saturated rings. The van der Waals surface area contributed by atoms with Crippen LogP contribution in [0, 0.1) is 6.92 Å². The van der Waals surface area contributed by atoms with E-state index < -0.39 is 10.2 Å². The summed E-state index contributed by atoms with van der Waals surface area (Å²) in [6.45, 7) is 3.06. The van der Waals surface area contributed by atoms with Crippen LogP contribution >= 0.6 is 11.3 Å². The molecule has 110 valence electrons. The van der Waals surface area contributed by atoms with Gasteiger partial charge in [-0.1, -0.05) is 0 Å². The minimum Gasteiger partial charge on any atom is -0.294 e. The minimum absolute atomic E-state index is 0.187. The van der Waals surface area contributed by atoms with Gasteiger partial charge in [0.1, 0.15) is 10.7 Å². The molecule has 1 saturated heterocycles. The van der Waals surface area contributed by atoms with Crippen LogP contribution in [-0.4, -0.2) is 53.6 Å². The maximum absolute atomic E-state index is 12.2. The third-order valence-corrected chi connectivity index (χ3v) is 6.58. The molecule has 8 heteroatoms. The Morgan fingerprint density at radius 3 is 2.90 bits per heavy atom. The van der Waals surface area contributed by atoms with Crippen molar-refractivity contribution in [1.82, 2.24) is 18.0 Å². The van der Waals surface area contributed by atoms with Crippen LogP contribution in [0.5, 0.6) is 0 Å². The van der Waals surface area contributed by atoms with Crippen LogP contribution in [0.1, 0.15) is 23.9 Å². The Bertz CT molecular complexity index is 732. The number of imidazole rings is 1. The number of aryl methyl sites for hydroxylation is 1. The summed E-state index contributed by atoms with van der Waals surface area (Å²) in [6.07, 6.45) is 2.84. The molecule has 20 heavy (non-hydrogen) atoms. The van der Waals surface area contributed by atoms with E-state index in [9.17, 15) is 8.42 Å². The van der Waals surface area contributed by atoms with Crippen molar-refractivity contribution in [2.75, 3.05) is 27.2 Å². The SMILES string of the molecule is Cc1nc(C2CCN(S(=O)(=O)N(C)C)C2)c2sccn12. The first-order chi connectivity index (χ1) is 9.41. The Kier molecular flexibility index (Phi) is 3.36. The highest BCUT2D eigenvalue weighted by Crippen LogP contribution is 2.33. The molecule has 1 unspecified atom stereocenters. The molecule has 2 aromatic heterocycles. The van der Waals surface area contributed by atoms with Gasteiger partial charge in [-0.05, 0) is 13.3 Å². The van der Waals surface area contributed by atoms with Crippen molar-refractivity contribution in [1.29, 1.82) is 0 Å². The van der Waals surface area contributed by atoms with E-state index >= 15 is 0 Å². The zero-order valence-corrected chi connectivity index (χ0v) is 13.4. The van der Waals surface area contributed by atoms with Crippen molar-refractivity contribution < 1.29 is 8.42 Å². The molecular formula is C12H18N4O2S2. The van der Waals surface area contributed by atoms with E-state index in [1.807, 2.05) is 18.5 Å². The van der Waals surface area contributed by atoms with Crippen LogP contribution in [0.3, 0.4) is 0 Å². The van der Waals surface area contributed by atoms with Crippen LogP contribution in [0.15, 0.2) is 11.6 Å². The fourth-order valence-electron chi connectivity index (χ4n) is 2.65. The number of aromatic nitrogens is 2. The highest BCUT2D eigenvalue weighted by Gasteiger charge is 2.35. The summed E-state index contributed by atoms with van der Waals surface area (Å²) in [5.41, 5.74) is 1.04. The minimum atomic E-state index is -3.32. The lowest BCUT2D eigenvalue weighted by Crippen LogP contribution is -2.38. The van der Waals surface area contributed by atoms with Gasteiger partial charge in [-0.15, -0.1) is 11.3 Å². The van der Waals surface area contributed by atoms with E-state index in [4.69, 9.17) is 0 Å². The topological polar surface area (TPSA) is 57.9 Å². The summed E-state index contributed by atoms with van der Waals surface area (Å²) in [5.74, 6) is 1.15. The maximum Gasteiger partial charge on any atom is 0.281 e. The molecule has 0 radical (unpaired) electrons. The Hall–Kier alpha value is -0.960. The second kappa shape index (κ2) is 4.80. The molecule has 1 aliphatic rings. The smallest absolute Gasteiger partial charge is 0.281 e. The average molecular weight is 314 g/mol. The van der Waals surface area contributed by atoms with Gasteiger partial charge in [0.25, 0.3) is 10.2 Å². The van der Waals surface area contributed by atoms with Crippen LogP contribution in [0.2, 0.25) is 0 Å². The standard InChI is InChI=1S/C12H18N4O2S2/c1-9-13-11(12-16(9)6-7-19-12)10-4-5-15(8-10)20(17,18)14(2)3/h6-7,10H,4-5,8H2,1-3H3. The van der Waals surface area contributed by atoms with Crippen molar-refractivity contribution in [2.24, 2.45) is 0 Å². The van der Waals surface area contributed by atoms with Gasteiger partial charge in [-0.2, -0.15) is 17.0 Å².